The summed E-state index contributed by atoms with van der Waals surface area (Å²) >= 11 is 5.08. The fraction of sp³-hybridized carbons (Fsp3) is 0.500. The smallest absolute Gasteiger partial charge is 0.256 e. The molecule has 2 rings (SSSR count). The van der Waals surface area contributed by atoms with Crippen LogP contribution in [0.4, 0.5) is 0 Å². The highest BCUT2D eigenvalue weighted by atomic mass is 32.1. The van der Waals surface area contributed by atoms with Crippen LogP contribution in [0, 0.1) is 0 Å². The molecule has 21 heavy (non-hydrogen) atoms. The van der Waals surface area contributed by atoms with E-state index in [1.54, 1.807) is 6.08 Å². The minimum Gasteiger partial charge on any atom is -0.471 e. The number of nitrogens with zero attached hydrogens (tertiary/aromatic N) is 1. The summed E-state index contributed by atoms with van der Waals surface area (Å²) in [5.41, 5.74) is 1.27. The molecule has 0 spiro atoms. The van der Waals surface area contributed by atoms with Gasteiger partial charge in [0, 0.05) is 31.0 Å². The molecular formula is C16H23N3OS. The molecule has 114 valence electrons. The first-order chi connectivity index (χ1) is 10.3. The van der Waals surface area contributed by atoms with E-state index in [1.807, 2.05) is 18.5 Å². The van der Waals surface area contributed by atoms with E-state index in [0.29, 0.717) is 30.4 Å². The van der Waals surface area contributed by atoms with E-state index in [0.717, 1.165) is 6.42 Å². The van der Waals surface area contributed by atoms with Crippen LogP contribution in [0.2, 0.25) is 0 Å². The minimum absolute atomic E-state index is 0.406. The number of aromatic nitrogens is 1. The second-order valence-electron chi connectivity index (χ2n) is 5.23. The van der Waals surface area contributed by atoms with Gasteiger partial charge in [-0.3, -0.25) is 4.98 Å². The number of thiocarbonyl (C=S) groups is 1. The molecule has 1 fully saturated rings. The summed E-state index contributed by atoms with van der Waals surface area (Å²) in [6, 6.07) is 5.01. The highest BCUT2D eigenvalue weighted by Gasteiger charge is 2.22. The molecule has 2 heterocycles. The molecule has 2 N–H and O–H groups in total. The number of hydrogen-bond donors (Lipinski definition) is 2. The Morgan fingerprint density at radius 1 is 1.57 bits per heavy atom. The van der Waals surface area contributed by atoms with Gasteiger partial charge >= 0.3 is 0 Å². The Balaban J connectivity index is 1.72. The Morgan fingerprint density at radius 3 is 3.24 bits per heavy atom. The lowest BCUT2D eigenvalue weighted by Gasteiger charge is -2.31. The number of pyridine rings is 1. The van der Waals surface area contributed by atoms with Crippen LogP contribution in [0.3, 0.4) is 0 Å². The Bertz CT molecular complexity index is 452. The van der Waals surface area contributed by atoms with E-state index in [1.165, 1.54) is 24.8 Å². The van der Waals surface area contributed by atoms with Crippen LogP contribution in [0.5, 0.6) is 0 Å². The molecule has 1 saturated heterocycles. The van der Waals surface area contributed by atoms with Gasteiger partial charge in [-0.25, -0.2) is 0 Å². The first kappa shape index (κ1) is 15.9. The second kappa shape index (κ2) is 8.74. The molecule has 1 aromatic heterocycles. The standard InChI is InChI=1S/C16H23N3OS/c1-2-9-18-16(21)20-11-8-14-6-3-7-15(19-14)13-5-4-10-17-12-13/h2,4-5,10,12,14-15,19H,1,3,6-9,11H2,(H,18,21)/t14-,15+/m1/s1. The fourth-order valence-corrected chi connectivity index (χ4v) is 2.76. The lowest BCUT2D eigenvalue weighted by atomic mass is 9.93. The van der Waals surface area contributed by atoms with Gasteiger partial charge in [0.2, 0.25) is 0 Å². The van der Waals surface area contributed by atoms with Crippen molar-refractivity contribution in [2.75, 3.05) is 13.2 Å². The van der Waals surface area contributed by atoms with E-state index in [2.05, 4.69) is 28.3 Å². The molecule has 5 heteroatoms. The average molecular weight is 305 g/mol. The van der Waals surface area contributed by atoms with Gasteiger partial charge < -0.3 is 15.4 Å². The lowest BCUT2D eigenvalue weighted by Crippen LogP contribution is -2.38. The van der Waals surface area contributed by atoms with E-state index in [4.69, 9.17) is 17.0 Å². The van der Waals surface area contributed by atoms with Crippen LogP contribution < -0.4 is 10.6 Å². The maximum Gasteiger partial charge on any atom is 0.256 e. The van der Waals surface area contributed by atoms with Gasteiger partial charge in [0.1, 0.15) is 0 Å². The topological polar surface area (TPSA) is 46.2 Å². The average Bonchev–Trinajstić information content (AvgIpc) is 2.54. The maximum atomic E-state index is 5.51. The molecule has 1 aliphatic rings. The Kier molecular flexibility index (Phi) is 6.63. The van der Waals surface area contributed by atoms with Crippen molar-refractivity contribution >= 4 is 17.4 Å². The van der Waals surface area contributed by atoms with Gasteiger partial charge in [0.05, 0.1) is 6.61 Å². The molecule has 0 saturated carbocycles. The monoisotopic (exact) mass is 305 g/mol. The van der Waals surface area contributed by atoms with Crippen molar-refractivity contribution in [3.8, 4) is 0 Å². The zero-order valence-electron chi connectivity index (χ0n) is 12.3. The summed E-state index contributed by atoms with van der Waals surface area (Å²) in [6.07, 6.45) is 10.1. The number of piperidine rings is 1. The zero-order chi connectivity index (χ0) is 14.9. The van der Waals surface area contributed by atoms with Crippen molar-refractivity contribution < 1.29 is 4.74 Å². The first-order valence-corrected chi connectivity index (χ1v) is 7.88. The van der Waals surface area contributed by atoms with E-state index < -0.39 is 0 Å². The van der Waals surface area contributed by atoms with Crippen molar-refractivity contribution in [3.63, 3.8) is 0 Å². The fourth-order valence-electron chi connectivity index (χ4n) is 2.59. The highest BCUT2D eigenvalue weighted by Crippen LogP contribution is 2.25. The Labute approximate surface area is 132 Å². The molecule has 4 nitrogen and oxygen atoms in total. The largest absolute Gasteiger partial charge is 0.471 e. The van der Waals surface area contributed by atoms with E-state index >= 15 is 0 Å². The van der Waals surface area contributed by atoms with E-state index in [-0.39, 0.29) is 0 Å². The molecule has 1 aromatic rings. The lowest BCUT2D eigenvalue weighted by molar-refractivity contribution is 0.237. The van der Waals surface area contributed by atoms with Gasteiger partial charge in [-0.05, 0) is 43.1 Å². The number of nitrogens with one attached hydrogen (secondary N) is 2. The highest BCUT2D eigenvalue weighted by molar-refractivity contribution is 7.80. The quantitative estimate of drug-likeness (QED) is 0.625. The van der Waals surface area contributed by atoms with Gasteiger partial charge in [0.25, 0.3) is 5.17 Å². The van der Waals surface area contributed by atoms with Crippen molar-refractivity contribution in [2.24, 2.45) is 0 Å². The van der Waals surface area contributed by atoms with Gasteiger partial charge in [-0.2, -0.15) is 0 Å². The maximum absolute atomic E-state index is 5.51. The summed E-state index contributed by atoms with van der Waals surface area (Å²) in [7, 11) is 0. The SMILES string of the molecule is C=CCNC(=S)OCC[C@H]1CCC[C@@H](c2cccnc2)N1. The number of rotatable bonds is 6. The number of ether oxygens (including phenoxy) is 1. The normalized spacial score (nSPS) is 21.5. The van der Waals surface area contributed by atoms with Crippen molar-refractivity contribution in [3.05, 3.63) is 42.7 Å². The zero-order valence-corrected chi connectivity index (χ0v) is 13.1. The predicted octanol–water partition coefficient (Wildman–Crippen LogP) is 2.73. The minimum atomic E-state index is 0.406. The number of hydrogen-bond acceptors (Lipinski definition) is 4. The van der Waals surface area contributed by atoms with Crippen molar-refractivity contribution in [1.29, 1.82) is 0 Å². The molecule has 0 aliphatic carbocycles. The first-order valence-electron chi connectivity index (χ1n) is 7.47. The molecule has 0 amide bonds. The van der Waals surface area contributed by atoms with Crippen molar-refractivity contribution in [2.45, 2.75) is 37.8 Å². The second-order valence-corrected chi connectivity index (χ2v) is 5.60. The molecule has 0 aromatic carbocycles. The van der Waals surface area contributed by atoms with Crippen molar-refractivity contribution in [1.82, 2.24) is 15.6 Å². The van der Waals surface area contributed by atoms with Crippen LogP contribution in [0.25, 0.3) is 0 Å². The Morgan fingerprint density at radius 2 is 2.48 bits per heavy atom. The van der Waals surface area contributed by atoms with Gasteiger partial charge in [0.15, 0.2) is 0 Å². The predicted molar refractivity (Wildman–Crippen MR) is 89.1 cm³/mol. The van der Waals surface area contributed by atoms with E-state index in [9.17, 15) is 0 Å². The van der Waals surface area contributed by atoms with Gasteiger partial charge in [-0.15, -0.1) is 6.58 Å². The summed E-state index contributed by atoms with van der Waals surface area (Å²) in [5, 5.41) is 7.11. The van der Waals surface area contributed by atoms with Gasteiger partial charge in [-0.1, -0.05) is 18.6 Å². The van der Waals surface area contributed by atoms with Crippen LogP contribution in [-0.2, 0) is 4.74 Å². The van der Waals surface area contributed by atoms with Crippen LogP contribution in [0.15, 0.2) is 37.2 Å². The third-order valence-electron chi connectivity index (χ3n) is 3.66. The summed E-state index contributed by atoms with van der Waals surface area (Å²) in [4.78, 5) is 4.20. The summed E-state index contributed by atoms with van der Waals surface area (Å²) in [5.74, 6) is 0. The molecule has 2 atom stereocenters. The van der Waals surface area contributed by atoms with Crippen LogP contribution >= 0.6 is 12.2 Å². The summed E-state index contributed by atoms with van der Waals surface area (Å²) < 4.78 is 5.51. The van der Waals surface area contributed by atoms with Crippen LogP contribution in [0.1, 0.15) is 37.3 Å². The molecule has 0 unspecified atom stereocenters. The van der Waals surface area contributed by atoms with Crippen LogP contribution in [-0.4, -0.2) is 29.4 Å². The molecule has 0 bridgehead atoms. The Hall–Kier alpha value is -1.46. The third kappa shape index (κ3) is 5.44. The molecule has 0 radical (unpaired) electrons. The third-order valence-corrected chi connectivity index (χ3v) is 3.92. The molecular weight excluding hydrogens is 282 g/mol. The molecule has 1 aliphatic heterocycles. The summed E-state index contributed by atoms with van der Waals surface area (Å²) in [6.45, 7) is 4.91.